The number of carbonyl (C=O) groups excluding carboxylic acids is 1. The summed E-state index contributed by atoms with van der Waals surface area (Å²) in [6.07, 6.45) is 1.65. The number of nitrogens with one attached hydrogen (secondary N) is 1. The average molecular weight is 349 g/mol. The van der Waals surface area contributed by atoms with E-state index in [1.54, 1.807) is 11.3 Å². The monoisotopic (exact) mass is 348 g/mol. The number of nitrogens with two attached hydrogens (primary N) is 1. The van der Waals surface area contributed by atoms with E-state index >= 15 is 0 Å². The minimum absolute atomic E-state index is 0. The Bertz CT molecular complexity index is 618. The quantitative estimate of drug-likeness (QED) is 0.806. The lowest BCUT2D eigenvalue weighted by Crippen LogP contribution is -2.41. The van der Waals surface area contributed by atoms with Crippen LogP contribution in [0.5, 0.6) is 0 Å². The molecule has 22 heavy (non-hydrogen) atoms. The molecule has 0 atom stereocenters. The van der Waals surface area contributed by atoms with Crippen molar-refractivity contribution in [1.29, 1.82) is 0 Å². The molecule has 2 rings (SSSR count). The van der Waals surface area contributed by atoms with Crippen molar-refractivity contribution < 1.29 is 13.6 Å². The third-order valence-corrected chi connectivity index (χ3v) is 4.27. The van der Waals surface area contributed by atoms with Crippen molar-refractivity contribution >= 4 is 39.7 Å². The summed E-state index contributed by atoms with van der Waals surface area (Å²) < 4.78 is 27.0. The molecular weight excluding hydrogens is 330 g/mol. The second-order valence-electron chi connectivity index (χ2n) is 4.95. The number of aryl methyl sites for hydroxylation is 1. The molecule has 3 N–H and O–H groups in total. The summed E-state index contributed by atoms with van der Waals surface area (Å²) in [4.78, 5) is 11.5. The van der Waals surface area contributed by atoms with Gasteiger partial charge in [-0.2, -0.15) is 0 Å². The van der Waals surface area contributed by atoms with Gasteiger partial charge in [0.1, 0.15) is 0 Å². The van der Waals surface area contributed by atoms with Gasteiger partial charge in [0.05, 0.1) is 13.1 Å². The maximum Gasteiger partial charge on any atom is 0.277 e. The number of thiophene rings is 1. The topological polar surface area (TPSA) is 55.1 Å². The molecule has 7 heteroatoms. The number of fused-ring (bicyclic) bond motifs is 1. The fourth-order valence-electron chi connectivity index (χ4n) is 2.05. The van der Waals surface area contributed by atoms with Gasteiger partial charge in [0.15, 0.2) is 0 Å². The van der Waals surface area contributed by atoms with Crippen LogP contribution in [0, 0.1) is 0 Å². The first-order valence-corrected chi connectivity index (χ1v) is 7.69. The standard InChI is InChI=1S/C15H18F2N2OS.ClH/c16-15(17,9-18)10-19-14(20)7-3-4-11-8-21-13-6-2-1-5-12(11)13;/h1-2,5-6,8H,3-4,7,9-10,18H2,(H,19,20);1H. The first-order chi connectivity index (χ1) is 10.0. The predicted octanol–water partition coefficient (Wildman–Crippen LogP) is 3.36. The number of carbonyl (C=O) groups is 1. The average Bonchev–Trinajstić information content (AvgIpc) is 2.89. The third-order valence-electron chi connectivity index (χ3n) is 3.25. The Morgan fingerprint density at radius 1 is 1.32 bits per heavy atom. The highest BCUT2D eigenvalue weighted by atomic mass is 35.5. The third kappa shape index (κ3) is 5.19. The van der Waals surface area contributed by atoms with Crippen LogP contribution < -0.4 is 11.1 Å². The van der Waals surface area contributed by atoms with Gasteiger partial charge in [-0.1, -0.05) is 18.2 Å². The van der Waals surface area contributed by atoms with Crippen LogP contribution in [-0.2, 0) is 11.2 Å². The largest absolute Gasteiger partial charge is 0.350 e. The molecule has 1 aromatic heterocycles. The SMILES string of the molecule is Cl.NCC(F)(F)CNC(=O)CCCc1csc2ccccc12. The fraction of sp³-hybridized carbons (Fsp3) is 0.400. The Labute approximate surface area is 138 Å². The Hall–Kier alpha value is -1.24. The van der Waals surface area contributed by atoms with Crippen molar-refractivity contribution in [2.75, 3.05) is 13.1 Å². The van der Waals surface area contributed by atoms with E-state index in [0.717, 1.165) is 6.42 Å². The smallest absolute Gasteiger partial charge is 0.277 e. The fourth-order valence-corrected chi connectivity index (χ4v) is 3.05. The minimum Gasteiger partial charge on any atom is -0.350 e. The van der Waals surface area contributed by atoms with Crippen LogP contribution in [0.1, 0.15) is 18.4 Å². The number of rotatable bonds is 7. The van der Waals surface area contributed by atoms with E-state index in [-0.39, 0.29) is 24.7 Å². The zero-order valence-corrected chi connectivity index (χ0v) is 13.6. The molecule has 0 aliphatic carbocycles. The van der Waals surface area contributed by atoms with Crippen LogP contribution in [0.4, 0.5) is 8.78 Å². The van der Waals surface area contributed by atoms with Crippen LogP contribution in [0.25, 0.3) is 10.1 Å². The van der Waals surface area contributed by atoms with Crippen LogP contribution in [0.15, 0.2) is 29.6 Å². The molecule has 0 aliphatic heterocycles. The molecule has 2 aromatic rings. The van der Waals surface area contributed by atoms with Gasteiger partial charge in [-0.25, -0.2) is 8.78 Å². The highest BCUT2D eigenvalue weighted by Gasteiger charge is 2.26. The minimum atomic E-state index is -3.03. The maximum atomic E-state index is 12.9. The molecule has 0 radical (unpaired) electrons. The molecule has 0 unspecified atom stereocenters. The highest BCUT2D eigenvalue weighted by Crippen LogP contribution is 2.26. The number of hydrogen-bond donors (Lipinski definition) is 2. The molecule has 1 heterocycles. The van der Waals surface area contributed by atoms with Gasteiger partial charge in [-0.05, 0) is 35.2 Å². The normalized spacial score (nSPS) is 11.2. The van der Waals surface area contributed by atoms with Gasteiger partial charge >= 0.3 is 0 Å². The first-order valence-electron chi connectivity index (χ1n) is 6.81. The molecule has 1 amide bonds. The van der Waals surface area contributed by atoms with E-state index in [4.69, 9.17) is 5.73 Å². The number of alkyl halides is 2. The van der Waals surface area contributed by atoms with Gasteiger partial charge in [-0.15, -0.1) is 23.7 Å². The van der Waals surface area contributed by atoms with E-state index in [1.165, 1.54) is 15.6 Å². The summed E-state index contributed by atoms with van der Waals surface area (Å²) in [6.45, 7) is -1.45. The summed E-state index contributed by atoms with van der Waals surface area (Å²) >= 11 is 1.68. The molecule has 0 saturated heterocycles. The number of benzene rings is 1. The predicted molar refractivity (Wildman–Crippen MR) is 89.0 cm³/mol. The molecule has 0 fully saturated rings. The van der Waals surface area contributed by atoms with E-state index in [0.29, 0.717) is 6.42 Å². The Morgan fingerprint density at radius 3 is 2.77 bits per heavy atom. The summed E-state index contributed by atoms with van der Waals surface area (Å²) in [5.74, 6) is -3.39. The lowest BCUT2D eigenvalue weighted by molar-refractivity contribution is -0.122. The van der Waals surface area contributed by atoms with Crippen molar-refractivity contribution in [3.63, 3.8) is 0 Å². The zero-order valence-electron chi connectivity index (χ0n) is 12.0. The van der Waals surface area contributed by atoms with Crippen molar-refractivity contribution in [3.05, 3.63) is 35.2 Å². The van der Waals surface area contributed by atoms with Gasteiger partial charge in [-0.3, -0.25) is 4.79 Å². The molecular formula is C15H19ClF2N2OS. The van der Waals surface area contributed by atoms with Gasteiger partial charge < -0.3 is 11.1 Å². The molecule has 122 valence electrons. The Balaban J connectivity index is 0.00000242. The Kier molecular flexibility index (Phi) is 7.19. The first kappa shape index (κ1) is 18.8. The van der Waals surface area contributed by atoms with Crippen LogP contribution in [-0.4, -0.2) is 24.9 Å². The lowest BCUT2D eigenvalue weighted by Gasteiger charge is -2.14. The van der Waals surface area contributed by atoms with Crippen molar-refractivity contribution in [2.24, 2.45) is 5.73 Å². The summed E-state index contributed by atoms with van der Waals surface area (Å²) in [5.41, 5.74) is 6.11. The molecule has 0 spiro atoms. The molecule has 3 nitrogen and oxygen atoms in total. The second-order valence-corrected chi connectivity index (χ2v) is 5.86. The molecule has 0 aliphatic rings. The molecule has 0 bridgehead atoms. The van der Waals surface area contributed by atoms with Crippen molar-refractivity contribution in [3.8, 4) is 0 Å². The van der Waals surface area contributed by atoms with E-state index in [2.05, 4.69) is 22.8 Å². The summed E-state index contributed by atoms with van der Waals surface area (Å²) in [7, 11) is 0. The summed E-state index contributed by atoms with van der Waals surface area (Å²) in [6, 6.07) is 8.10. The molecule has 1 aromatic carbocycles. The number of hydrogen-bond acceptors (Lipinski definition) is 3. The highest BCUT2D eigenvalue weighted by molar-refractivity contribution is 7.17. The maximum absolute atomic E-state index is 12.9. The van der Waals surface area contributed by atoms with E-state index in [9.17, 15) is 13.6 Å². The van der Waals surface area contributed by atoms with E-state index in [1.807, 2.05) is 12.1 Å². The number of halogens is 3. The van der Waals surface area contributed by atoms with Gasteiger partial charge in [0, 0.05) is 11.1 Å². The van der Waals surface area contributed by atoms with Gasteiger partial charge in [0.25, 0.3) is 5.92 Å². The van der Waals surface area contributed by atoms with Crippen LogP contribution >= 0.6 is 23.7 Å². The van der Waals surface area contributed by atoms with Crippen LogP contribution in [0.3, 0.4) is 0 Å². The van der Waals surface area contributed by atoms with Gasteiger partial charge in [0.2, 0.25) is 5.91 Å². The zero-order chi connectivity index (χ0) is 15.3. The Morgan fingerprint density at radius 2 is 2.05 bits per heavy atom. The molecule has 0 saturated carbocycles. The number of amides is 1. The van der Waals surface area contributed by atoms with Crippen molar-refractivity contribution in [1.82, 2.24) is 5.32 Å². The van der Waals surface area contributed by atoms with Crippen molar-refractivity contribution in [2.45, 2.75) is 25.2 Å². The van der Waals surface area contributed by atoms with E-state index < -0.39 is 19.0 Å². The van der Waals surface area contributed by atoms with Crippen LogP contribution in [0.2, 0.25) is 0 Å². The summed E-state index contributed by atoms with van der Waals surface area (Å²) in [5, 5.41) is 5.52. The second kappa shape index (κ2) is 8.41. The lowest BCUT2D eigenvalue weighted by atomic mass is 10.1.